The normalized spacial score (nSPS) is 11.3. The van der Waals surface area contributed by atoms with Crippen LogP contribution in [0, 0.1) is 0 Å². The Morgan fingerprint density at radius 3 is 2.31 bits per heavy atom. The van der Waals surface area contributed by atoms with Gasteiger partial charge in [-0.3, -0.25) is 0 Å². The van der Waals surface area contributed by atoms with Gasteiger partial charge in [-0.05, 0) is 29.8 Å². The van der Waals surface area contributed by atoms with E-state index in [2.05, 4.69) is 25.6 Å². The number of pyridine rings is 1. The first-order valence-corrected chi connectivity index (χ1v) is 10.4. The second-order valence-corrected chi connectivity index (χ2v) is 7.39. The van der Waals surface area contributed by atoms with Crippen LogP contribution in [0.5, 0.6) is 17.4 Å². The van der Waals surface area contributed by atoms with Gasteiger partial charge < -0.3 is 24.8 Å². The lowest BCUT2D eigenvalue weighted by Gasteiger charge is -2.15. The number of benzene rings is 2. The van der Waals surface area contributed by atoms with Crippen LogP contribution in [0.1, 0.15) is 11.1 Å². The number of alkyl halides is 3. The predicted molar refractivity (Wildman–Crippen MR) is 125 cm³/mol. The van der Waals surface area contributed by atoms with E-state index in [1.165, 1.54) is 27.4 Å². The average molecular weight is 485 g/mol. The Labute approximate surface area is 199 Å². The van der Waals surface area contributed by atoms with Crippen LogP contribution < -0.4 is 24.8 Å². The molecule has 4 aromatic rings. The van der Waals surface area contributed by atoms with E-state index in [-0.39, 0.29) is 12.5 Å². The third kappa shape index (κ3) is 5.45. The first-order valence-electron chi connectivity index (χ1n) is 10.4. The summed E-state index contributed by atoms with van der Waals surface area (Å²) in [6, 6.07) is 12.0. The summed E-state index contributed by atoms with van der Waals surface area (Å²) < 4.78 is 55.2. The van der Waals surface area contributed by atoms with Crippen molar-refractivity contribution in [3.63, 3.8) is 0 Å². The Balaban J connectivity index is 1.71. The molecular weight excluding hydrogens is 463 g/mol. The molecule has 0 aliphatic carbocycles. The van der Waals surface area contributed by atoms with Crippen LogP contribution in [-0.2, 0) is 12.7 Å². The monoisotopic (exact) mass is 485 g/mol. The number of fused-ring (bicyclic) bond motifs is 1. The van der Waals surface area contributed by atoms with Gasteiger partial charge in [0.2, 0.25) is 11.8 Å². The van der Waals surface area contributed by atoms with E-state index < -0.39 is 11.7 Å². The standard InChI is InChI=1S/C24H22F3N5O3/c1-33-19-10-17-18(11-20(19)34-2)31-23(30-16-7-8-21(35-3)28-13-16)32-22(17)29-12-14-5-4-6-15(9-14)24(25,26)27/h4-11,13H,12H2,1-3H3,(H2,29,30,31,32). The van der Waals surface area contributed by atoms with Crippen LogP contribution >= 0.6 is 0 Å². The number of ether oxygens (including phenoxy) is 3. The highest BCUT2D eigenvalue weighted by Crippen LogP contribution is 2.35. The molecule has 0 saturated carbocycles. The van der Waals surface area contributed by atoms with Gasteiger partial charge >= 0.3 is 6.18 Å². The summed E-state index contributed by atoms with van der Waals surface area (Å²) in [5.74, 6) is 2.04. The van der Waals surface area contributed by atoms with Crippen LogP contribution in [-0.4, -0.2) is 36.3 Å². The zero-order chi connectivity index (χ0) is 25.0. The average Bonchev–Trinajstić information content (AvgIpc) is 2.86. The van der Waals surface area contributed by atoms with Gasteiger partial charge in [0.25, 0.3) is 0 Å². The van der Waals surface area contributed by atoms with Crippen molar-refractivity contribution in [2.45, 2.75) is 12.7 Å². The van der Waals surface area contributed by atoms with Gasteiger partial charge in [0.1, 0.15) is 5.82 Å². The number of hydrogen-bond acceptors (Lipinski definition) is 8. The molecule has 4 rings (SSSR count). The van der Waals surface area contributed by atoms with E-state index in [0.717, 1.165) is 12.1 Å². The minimum atomic E-state index is -4.43. The molecule has 2 aromatic carbocycles. The molecule has 0 atom stereocenters. The van der Waals surface area contributed by atoms with E-state index in [0.29, 0.717) is 45.4 Å². The Kier molecular flexibility index (Phi) is 6.76. The number of rotatable bonds is 8. The van der Waals surface area contributed by atoms with Crippen LogP contribution in [0.15, 0.2) is 54.7 Å². The van der Waals surface area contributed by atoms with E-state index in [1.807, 2.05) is 0 Å². The molecule has 0 spiro atoms. The summed E-state index contributed by atoms with van der Waals surface area (Å²) in [4.78, 5) is 13.2. The lowest BCUT2D eigenvalue weighted by atomic mass is 10.1. The fraction of sp³-hybridized carbons (Fsp3) is 0.208. The molecule has 35 heavy (non-hydrogen) atoms. The van der Waals surface area contributed by atoms with Crippen molar-refractivity contribution in [1.29, 1.82) is 0 Å². The van der Waals surface area contributed by atoms with E-state index in [4.69, 9.17) is 14.2 Å². The lowest BCUT2D eigenvalue weighted by Crippen LogP contribution is -2.08. The highest BCUT2D eigenvalue weighted by atomic mass is 19.4. The zero-order valence-electron chi connectivity index (χ0n) is 19.1. The van der Waals surface area contributed by atoms with Gasteiger partial charge in [-0.1, -0.05) is 12.1 Å². The van der Waals surface area contributed by atoms with Crippen LogP contribution in [0.25, 0.3) is 10.9 Å². The molecule has 0 fully saturated rings. The van der Waals surface area contributed by atoms with Crippen molar-refractivity contribution in [3.8, 4) is 17.4 Å². The van der Waals surface area contributed by atoms with Gasteiger partial charge in [0.15, 0.2) is 11.5 Å². The second kappa shape index (κ2) is 9.92. The molecule has 0 amide bonds. The van der Waals surface area contributed by atoms with Crippen LogP contribution in [0.2, 0.25) is 0 Å². The molecule has 0 aliphatic rings. The molecule has 0 saturated heterocycles. The number of nitrogens with one attached hydrogen (secondary N) is 2. The minimum Gasteiger partial charge on any atom is -0.493 e. The molecule has 0 radical (unpaired) electrons. The van der Waals surface area contributed by atoms with Gasteiger partial charge in [-0.25, -0.2) is 9.97 Å². The van der Waals surface area contributed by atoms with E-state index in [9.17, 15) is 13.2 Å². The second-order valence-electron chi connectivity index (χ2n) is 7.39. The summed E-state index contributed by atoms with van der Waals surface area (Å²) in [6.07, 6.45) is -2.86. The summed E-state index contributed by atoms with van der Waals surface area (Å²) in [5, 5.41) is 6.81. The Morgan fingerprint density at radius 1 is 0.886 bits per heavy atom. The van der Waals surface area contributed by atoms with Gasteiger partial charge in [0, 0.05) is 24.1 Å². The number of halogens is 3. The van der Waals surface area contributed by atoms with Crippen molar-refractivity contribution >= 4 is 28.4 Å². The molecule has 0 bridgehead atoms. The Hall–Kier alpha value is -4.28. The maximum absolute atomic E-state index is 13.1. The quantitative estimate of drug-likeness (QED) is 0.342. The first-order chi connectivity index (χ1) is 16.8. The number of hydrogen-bond donors (Lipinski definition) is 2. The topological polar surface area (TPSA) is 90.4 Å². The number of methoxy groups -OCH3 is 3. The number of anilines is 3. The van der Waals surface area contributed by atoms with Crippen molar-refractivity contribution < 1.29 is 27.4 Å². The first kappa shape index (κ1) is 23.9. The zero-order valence-corrected chi connectivity index (χ0v) is 19.1. The molecule has 0 unspecified atom stereocenters. The van der Waals surface area contributed by atoms with Crippen LogP contribution in [0.4, 0.5) is 30.6 Å². The molecule has 2 N–H and O–H groups in total. The van der Waals surface area contributed by atoms with E-state index >= 15 is 0 Å². The molecule has 8 nitrogen and oxygen atoms in total. The SMILES string of the molecule is COc1ccc(Nc2nc(NCc3cccc(C(F)(F)F)c3)c3cc(OC)c(OC)cc3n2)cn1. The molecular formula is C24H22F3N5O3. The molecule has 2 heterocycles. The number of nitrogens with zero attached hydrogens (tertiary/aromatic N) is 3. The summed E-state index contributed by atoms with van der Waals surface area (Å²) in [6.45, 7) is 0.105. The van der Waals surface area contributed by atoms with Crippen molar-refractivity contribution in [2.24, 2.45) is 0 Å². The van der Waals surface area contributed by atoms with E-state index in [1.54, 1.807) is 36.5 Å². The Bertz CT molecular complexity index is 1330. The smallest absolute Gasteiger partial charge is 0.416 e. The number of aromatic nitrogens is 3. The molecule has 11 heteroatoms. The molecule has 0 aliphatic heterocycles. The highest BCUT2D eigenvalue weighted by Gasteiger charge is 2.30. The lowest BCUT2D eigenvalue weighted by molar-refractivity contribution is -0.137. The summed E-state index contributed by atoms with van der Waals surface area (Å²) in [5.41, 5.74) is 0.883. The van der Waals surface area contributed by atoms with Crippen molar-refractivity contribution in [2.75, 3.05) is 32.0 Å². The fourth-order valence-corrected chi connectivity index (χ4v) is 3.39. The van der Waals surface area contributed by atoms with Crippen molar-refractivity contribution in [3.05, 3.63) is 65.9 Å². The highest BCUT2D eigenvalue weighted by molar-refractivity contribution is 5.93. The largest absolute Gasteiger partial charge is 0.493 e. The van der Waals surface area contributed by atoms with Crippen LogP contribution in [0.3, 0.4) is 0 Å². The fourth-order valence-electron chi connectivity index (χ4n) is 3.39. The molecule has 182 valence electrons. The maximum atomic E-state index is 13.1. The summed E-state index contributed by atoms with van der Waals surface area (Å²) in [7, 11) is 4.54. The van der Waals surface area contributed by atoms with Crippen molar-refractivity contribution in [1.82, 2.24) is 15.0 Å². The molecule has 2 aromatic heterocycles. The van der Waals surface area contributed by atoms with Gasteiger partial charge in [-0.2, -0.15) is 18.2 Å². The third-order valence-electron chi connectivity index (χ3n) is 5.12. The minimum absolute atomic E-state index is 0.105. The maximum Gasteiger partial charge on any atom is 0.416 e. The third-order valence-corrected chi connectivity index (χ3v) is 5.12. The predicted octanol–water partition coefficient (Wildman–Crippen LogP) is 5.43. The Morgan fingerprint density at radius 2 is 1.66 bits per heavy atom. The summed E-state index contributed by atoms with van der Waals surface area (Å²) >= 11 is 0. The van der Waals surface area contributed by atoms with Gasteiger partial charge in [0.05, 0.1) is 44.3 Å². The van der Waals surface area contributed by atoms with Gasteiger partial charge in [-0.15, -0.1) is 0 Å².